The minimum Gasteiger partial charge on any atom is -0.445 e. The van der Waals surface area contributed by atoms with Gasteiger partial charge in [-0.3, -0.25) is 0 Å². The molecule has 1 atom stereocenters. The molecule has 0 unspecified atom stereocenters. The maximum atomic E-state index is 11.4. The summed E-state index contributed by atoms with van der Waals surface area (Å²) in [6, 6.07) is 10.3. The average molecular weight is 250 g/mol. The number of carbonyl (C=O) groups is 1. The lowest BCUT2D eigenvalue weighted by Gasteiger charge is -2.17. The second kappa shape index (κ2) is 7.71. The summed E-state index contributed by atoms with van der Waals surface area (Å²) in [5.41, 5.74) is 0.987. The topological polar surface area (TPSA) is 50.4 Å². The van der Waals surface area contributed by atoms with Gasteiger partial charge in [-0.2, -0.15) is 0 Å². The predicted octanol–water partition coefficient (Wildman–Crippen LogP) is 2.30. The summed E-state index contributed by atoms with van der Waals surface area (Å²) in [5, 5.41) is 6.04. The van der Waals surface area contributed by atoms with Crippen molar-refractivity contribution in [3.8, 4) is 0 Å². The molecule has 0 heterocycles. The van der Waals surface area contributed by atoms with Crippen molar-refractivity contribution in [2.24, 2.45) is 0 Å². The predicted molar refractivity (Wildman–Crippen MR) is 72.4 cm³/mol. The molecule has 1 aromatic carbocycles. The molecule has 0 spiro atoms. The van der Waals surface area contributed by atoms with Crippen LogP contribution in [0.3, 0.4) is 0 Å². The van der Waals surface area contributed by atoms with Gasteiger partial charge in [0, 0.05) is 18.6 Å². The van der Waals surface area contributed by atoms with Crippen molar-refractivity contribution in [3.63, 3.8) is 0 Å². The van der Waals surface area contributed by atoms with Crippen LogP contribution in [0, 0.1) is 0 Å². The fourth-order valence-corrected chi connectivity index (χ4v) is 1.64. The number of hydrogen-bond donors (Lipinski definition) is 2. The lowest BCUT2D eigenvalue weighted by atomic mass is 10.2. The molecule has 1 amide bonds. The Morgan fingerprint density at radius 2 is 1.89 bits per heavy atom. The Morgan fingerprint density at radius 3 is 2.50 bits per heavy atom. The van der Waals surface area contributed by atoms with E-state index in [4.69, 9.17) is 4.74 Å². The molecule has 1 rings (SSSR count). The first-order chi connectivity index (χ1) is 8.58. The average Bonchev–Trinajstić information content (AvgIpc) is 2.34. The van der Waals surface area contributed by atoms with E-state index in [1.54, 1.807) is 0 Å². The Labute approximate surface area is 109 Å². The van der Waals surface area contributed by atoms with E-state index < -0.39 is 0 Å². The van der Waals surface area contributed by atoms with E-state index in [1.807, 2.05) is 37.3 Å². The first-order valence-corrected chi connectivity index (χ1v) is 6.28. The molecule has 4 nitrogen and oxygen atoms in total. The Morgan fingerprint density at radius 1 is 1.22 bits per heavy atom. The van der Waals surface area contributed by atoms with Crippen molar-refractivity contribution in [1.29, 1.82) is 0 Å². The van der Waals surface area contributed by atoms with Crippen LogP contribution in [0.5, 0.6) is 0 Å². The maximum absolute atomic E-state index is 11.4. The SMILES string of the molecule is CC(C)N[C@H](C)CNC(=O)OCc1ccccc1. The molecule has 4 heteroatoms. The molecule has 18 heavy (non-hydrogen) atoms. The smallest absolute Gasteiger partial charge is 0.407 e. The molecule has 0 fully saturated rings. The maximum Gasteiger partial charge on any atom is 0.407 e. The highest BCUT2D eigenvalue weighted by Crippen LogP contribution is 2.00. The van der Waals surface area contributed by atoms with Gasteiger partial charge in [-0.1, -0.05) is 44.2 Å². The van der Waals surface area contributed by atoms with Crippen molar-refractivity contribution in [3.05, 3.63) is 35.9 Å². The third kappa shape index (κ3) is 6.25. The van der Waals surface area contributed by atoms with Gasteiger partial charge in [0.05, 0.1) is 0 Å². The quantitative estimate of drug-likeness (QED) is 0.814. The number of nitrogens with one attached hydrogen (secondary N) is 2. The third-order valence-corrected chi connectivity index (χ3v) is 2.38. The largest absolute Gasteiger partial charge is 0.445 e. The summed E-state index contributed by atoms with van der Waals surface area (Å²) >= 11 is 0. The second-order valence-electron chi connectivity index (χ2n) is 4.67. The number of ether oxygens (including phenoxy) is 1. The summed E-state index contributed by atoms with van der Waals surface area (Å²) < 4.78 is 5.11. The summed E-state index contributed by atoms with van der Waals surface area (Å²) in [6.07, 6.45) is -0.378. The molecular weight excluding hydrogens is 228 g/mol. The summed E-state index contributed by atoms with van der Waals surface area (Å²) in [5.74, 6) is 0. The Balaban J connectivity index is 2.18. The number of amides is 1. The van der Waals surface area contributed by atoms with Gasteiger partial charge in [-0.05, 0) is 12.5 Å². The van der Waals surface area contributed by atoms with E-state index in [0.717, 1.165) is 5.56 Å². The van der Waals surface area contributed by atoms with E-state index in [1.165, 1.54) is 0 Å². The van der Waals surface area contributed by atoms with Gasteiger partial charge in [0.15, 0.2) is 0 Å². The first-order valence-electron chi connectivity index (χ1n) is 6.28. The normalized spacial score (nSPS) is 12.2. The molecule has 0 radical (unpaired) electrons. The van der Waals surface area contributed by atoms with Gasteiger partial charge in [0.25, 0.3) is 0 Å². The molecule has 0 bridgehead atoms. The lowest BCUT2D eigenvalue weighted by Crippen LogP contribution is -2.41. The van der Waals surface area contributed by atoms with Crippen LogP contribution in [0.4, 0.5) is 4.79 Å². The molecule has 0 saturated carbocycles. The van der Waals surface area contributed by atoms with Crippen molar-refractivity contribution in [2.75, 3.05) is 6.54 Å². The Hall–Kier alpha value is -1.55. The number of rotatable bonds is 6. The van der Waals surface area contributed by atoms with E-state index in [0.29, 0.717) is 19.2 Å². The second-order valence-corrected chi connectivity index (χ2v) is 4.67. The van der Waals surface area contributed by atoms with E-state index in [9.17, 15) is 4.79 Å². The van der Waals surface area contributed by atoms with Crippen molar-refractivity contribution < 1.29 is 9.53 Å². The molecule has 2 N–H and O–H groups in total. The van der Waals surface area contributed by atoms with Crippen LogP contribution in [0.2, 0.25) is 0 Å². The monoisotopic (exact) mass is 250 g/mol. The van der Waals surface area contributed by atoms with Crippen LogP contribution in [0.25, 0.3) is 0 Å². The standard InChI is InChI=1S/C14H22N2O2/c1-11(2)16-12(3)9-15-14(17)18-10-13-7-5-4-6-8-13/h4-8,11-12,16H,9-10H2,1-3H3,(H,15,17)/t12-/m1/s1. The minimum atomic E-state index is -0.378. The van der Waals surface area contributed by atoms with Crippen molar-refractivity contribution in [2.45, 2.75) is 39.5 Å². The van der Waals surface area contributed by atoms with Crippen LogP contribution in [0.15, 0.2) is 30.3 Å². The van der Waals surface area contributed by atoms with Crippen LogP contribution in [-0.2, 0) is 11.3 Å². The highest BCUT2D eigenvalue weighted by molar-refractivity contribution is 5.67. The molecule has 0 aliphatic rings. The van der Waals surface area contributed by atoms with E-state index >= 15 is 0 Å². The van der Waals surface area contributed by atoms with Crippen LogP contribution in [-0.4, -0.2) is 24.7 Å². The first kappa shape index (κ1) is 14.5. The fraction of sp³-hybridized carbons (Fsp3) is 0.500. The Bertz CT molecular complexity index is 352. The van der Waals surface area contributed by atoms with Gasteiger partial charge >= 0.3 is 6.09 Å². The molecule has 0 saturated heterocycles. The van der Waals surface area contributed by atoms with Gasteiger partial charge in [0.1, 0.15) is 6.61 Å². The fourth-order valence-electron chi connectivity index (χ4n) is 1.64. The lowest BCUT2D eigenvalue weighted by molar-refractivity contribution is 0.138. The molecular formula is C14H22N2O2. The molecule has 0 aliphatic heterocycles. The zero-order valence-electron chi connectivity index (χ0n) is 11.3. The van der Waals surface area contributed by atoms with Crippen molar-refractivity contribution in [1.82, 2.24) is 10.6 Å². The summed E-state index contributed by atoms with van der Waals surface area (Å²) in [7, 11) is 0. The van der Waals surface area contributed by atoms with Gasteiger partial charge in [0.2, 0.25) is 0 Å². The molecule has 0 aromatic heterocycles. The van der Waals surface area contributed by atoms with Gasteiger partial charge < -0.3 is 15.4 Å². The summed E-state index contributed by atoms with van der Waals surface area (Å²) in [6.45, 7) is 7.04. The van der Waals surface area contributed by atoms with E-state index in [2.05, 4.69) is 24.5 Å². The van der Waals surface area contributed by atoms with Crippen LogP contribution >= 0.6 is 0 Å². The molecule has 1 aromatic rings. The summed E-state index contributed by atoms with van der Waals surface area (Å²) in [4.78, 5) is 11.4. The number of hydrogen-bond acceptors (Lipinski definition) is 3. The number of carbonyl (C=O) groups excluding carboxylic acids is 1. The van der Waals surface area contributed by atoms with Crippen LogP contribution < -0.4 is 10.6 Å². The highest BCUT2D eigenvalue weighted by Gasteiger charge is 2.06. The van der Waals surface area contributed by atoms with Gasteiger partial charge in [-0.15, -0.1) is 0 Å². The zero-order valence-corrected chi connectivity index (χ0v) is 11.3. The Kier molecular flexibility index (Phi) is 6.22. The molecule has 100 valence electrons. The van der Waals surface area contributed by atoms with Gasteiger partial charge in [-0.25, -0.2) is 4.79 Å². The number of alkyl carbamates (subject to hydrolysis) is 1. The number of benzene rings is 1. The van der Waals surface area contributed by atoms with E-state index in [-0.39, 0.29) is 12.1 Å². The molecule has 0 aliphatic carbocycles. The zero-order chi connectivity index (χ0) is 13.4. The minimum absolute atomic E-state index is 0.231. The highest BCUT2D eigenvalue weighted by atomic mass is 16.5. The third-order valence-electron chi connectivity index (χ3n) is 2.38. The van der Waals surface area contributed by atoms with Crippen molar-refractivity contribution >= 4 is 6.09 Å². The van der Waals surface area contributed by atoms with Crippen LogP contribution in [0.1, 0.15) is 26.3 Å².